The second-order valence-corrected chi connectivity index (χ2v) is 4.18. The van der Waals surface area contributed by atoms with E-state index in [0.717, 1.165) is 12.1 Å². The molecule has 3 nitrogen and oxygen atoms in total. The summed E-state index contributed by atoms with van der Waals surface area (Å²) >= 11 is 3.01. The number of methoxy groups -OCH3 is 1. The zero-order valence-electron chi connectivity index (χ0n) is 9.17. The number of hydrogen-bond acceptors (Lipinski definition) is 3. The number of ketones is 1. The minimum absolute atomic E-state index is 0.00201. The van der Waals surface area contributed by atoms with E-state index in [1.54, 1.807) is 0 Å². The van der Waals surface area contributed by atoms with Gasteiger partial charge in [0, 0.05) is 12.1 Å². The molecule has 0 aliphatic heterocycles. The number of hydrogen-bond donors (Lipinski definition) is 0. The second kappa shape index (κ2) is 4.89. The second-order valence-electron chi connectivity index (χ2n) is 3.40. The van der Waals surface area contributed by atoms with Gasteiger partial charge in [-0.2, -0.15) is 0 Å². The number of carbonyl (C=O) groups excluding carboxylic acids is 1. The van der Waals surface area contributed by atoms with E-state index in [0.29, 0.717) is 4.67 Å². The Morgan fingerprint density at radius 2 is 1.89 bits per heavy atom. The SMILES string of the molecule is COc1cc(F)c(C(=O)c2ccc(Br)o2)c(F)c1. The highest BCUT2D eigenvalue weighted by Crippen LogP contribution is 2.24. The molecule has 0 unspecified atom stereocenters. The summed E-state index contributed by atoms with van der Waals surface area (Å²) in [5, 5.41) is 0. The minimum atomic E-state index is -0.996. The van der Waals surface area contributed by atoms with Gasteiger partial charge in [0.1, 0.15) is 17.4 Å². The number of ether oxygens (including phenoxy) is 1. The zero-order valence-corrected chi connectivity index (χ0v) is 10.8. The molecule has 2 rings (SSSR count). The van der Waals surface area contributed by atoms with Crippen LogP contribution in [-0.4, -0.2) is 12.9 Å². The average molecular weight is 317 g/mol. The van der Waals surface area contributed by atoms with Crippen molar-refractivity contribution >= 4 is 21.7 Å². The molecule has 0 N–H and O–H groups in total. The molecule has 0 atom stereocenters. The third kappa shape index (κ3) is 2.28. The third-order valence-corrected chi connectivity index (χ3v) is 2.70. The Morgan fingerprint density at radius 3 is 2.33 bits per heavy atom. The highest BCUT2D eigenvalue weighted by molar-refractivity contribution is 9.10. The predicted molar refractivity (Wildman–Crippen MR) is 62.8 cm³/mol. The lowest BCUT2D eigenvalue weighted by atomic mass is 10.1. The van der Waals surface area contributed by atoms with Crippen LogP contribution in [0.5, 0.6) is 5.75 Å². The molecule has 0 saturated heterocycles. The van der Waals surface area contributed by atoms with Crippen molar-refractivity contribution in [2.75, 3.05) is 7.11 Å². The molecule has 1 heterocycles. The van der Waals surface area contributed by atoms with Gasteiger partial charge >= 0.3 is 0 Å². The molecular weight excluding hydrogens is 310 g/mol. The van der Waals surface area contributed by atoms with E-state index in [2.05, 4.69) is 15.9 Å². The summed E-state index contributed by atoms with van der Waals surface area (Å²) in [4.78, 5) is 11.9. The summed E-state index contributed by atoms with van der Waals surface area (Å²) in [5.74, 6) is -3.00. The summed E-state index contributed by atoms with van der Waals surface area (Å²) in [5.41, 5.74) is -0.669. The van der Waals surface area contributed by atoms with Crippen molar-refractivity contribution in [2.24, 2.45) is 0 Å². The number of benzene rings is 1. The fourth-order valence-electron chi connectivity index (χ4n) is 1.44. The number of furan rings is 1. The van der Waals surface area contributed by atoms with Crippen molar-refractivity contribution < 1.29 is 22.7 Å². The van der Waals surface area contributed by atoms with Gasteiger partial charge in [-0.1, -0.05) is 0 Å². The Balaban J connectivity index is 2.48. The summed E-state index contributed by atoms with van der Waals surface area (Å²) in [6.45, 7) is 0. The Morgan fingerprint density at radius 1 is 1.28 bits per heavy atom. The molecular formula is C12H7BrF2O3. The van der Waals surface area contributed by atoms with Gasteiger partial charge in [0.15, 0.2) is 10.4 Å². The maximum Gasteiger partial charge on any atom is 0.234 e. The topological polar surface area (TPSA) is 39.4 Å². The maximum absolute atomic E-state index is 13.6. The first kappa shape index (κ1) is 12.8. The van der Waals surface area contributed by atoms with E-state index in [1.807, 2.05) is 0 Å². The molecule has 1 aromatic carbocycles. The van der Waals surface area contributed by atoms with Gasteiger partial charge in [-0.3, -0.25) is 4.79 Å². The van der Waals surface area contributed by atoms with Gasteiger partial charge in [-0.25, -0.2) is 8.78 Å². The number of carbonyl (C=O) groups is 1. The van der Waals surface area contributed by atoms with Crippen molar-refractivity contribution in [3.05, 3.63) is 51.9 Å². The van der Waals surface area contributed by atoms with Crippen molar-refractivity contribution in [3.63, 3.8) is 0 Å². The lowest BCUT2D eigenvalue weighted by Gasteiger charge is -2.05. The van der Waals surface area contributed by atoms with Crippen LogP contribution in [0.4, 0.5) is 8.78 Å². The maximum atomic E-state index is 13.6. The Hall–Kier alpha value is -1.69. The van der Waals surface area contributed by atoms with Gasteiger partial charge in [0.2, 0.25) is 5.78 Å². The average Bonchev–Trinajstić information content (AvgIpc) is 2.74. The van der Waals surface area contributed by atoms with Crippen LogP contribution in [0.25, 0.3) is 0 Å². The quantitative estimate of drug-likeness (QED) is 0.813. The van der Waals surface area contributed by atoms with Crippen LogP contribution in [0.2, 0.25) is 0 Å². The molecule has 0 saturated carbocycles. The molecule has 0 spiro atoms. The summed E-state index contributed by atoms with van der Waals surface area (Å²) in [6, 6.07) is 4.67. The van der Waals surface area contributed by atoms with Crippen molar-refractivity contribution in [2.45, 2.75) is 0 Å². The van der Waals surface area contributed by atoms with Gasteiger partial charge in [-0.05, 0) is 28.1 Å². The molecule has 6 heteroatoms. The molecule has 18 heavy (non-hydrogen) atoms. The standard InChI is InChI=1S/C12H7BrF2O3/c1-17-6-4-7(14)11(8(15)5-6)12(16)9-2-3-10(13)18-9/h2-5H,1H3. The van der Waals surface area contributed by atoms with Crippen LogP contribution in [0.15, 0.2) is 33.4 Å². The summed E-state index contributed by atoms with van der Waals surface area (Å²) in [7, 11) is 1.28. The van der Waals surface area contributed by atoms with E-state index in [4.69, 9.17) is 9.15 Å². The van der Waals surface area contributed by atoms with Gasteiger partial charge in [-0.15, -0.1) is 0 Å². The smallest absolute Gasteiger partial charge is 0.234 e. The van der Waals surface area contributed by atoms with Crippen molar-refractivity contribution in [1.82, 2.24) is 0 Å². The predicted octanol–water partition coefficient (Wildman–Crippen LogP) is 3.56. The third-order valence-electron chi connectivity index (χ3n) is 2.28. The molecule has 0 radical (unpaired) electrons. The van der Waals surface area contributed by atoms with E-state index >= 15 is 0 Å². The Labute approximate surface area is 109 Å². The fourth-order valence-corrected chi connectivity index (χ4v) is 1.75. The molecule has 1 aromatic heterocycles. The van der Waals surface area contributed by atoms with Crippen LogP contribution in [0.1, 0.15) is 16.1 Å². The van der Waals surface area contributed by atoms with Crippen LogP contribution >= 0.6 is 15.9 Å². The van der Waals surface area contributed by atoms with Crippen LogP contribution in [0, 0.1) is 11.6 Å². The molecule has 0 aliphatic carbocycles. The monoisotopic (exact) mass is 316 g/mol. The first-order chi connectivity index (χ1) is 8.52. The first-order valence-electron chi connectivity index (χ1n) is 4.86. The normalized spacial score (nSPS) is 10.4. The minimum Gasteiger partial charge on any atom is -0.497 e. The first-order valence-corrected chi connectivity index (χ1v) is 5.65. The molecule has 0 fully saturated rings. The highest BCUT2D eigenvalue weighted by Gasteiger charge is 2.22. The lowest BCUT2D eigenvalue weighted by molar-refractivity contribution is 0.1000. The van der Waals surface area contributed by atoms with Crippen LogP contribution < -0.4 is 4.74 Å². The van der Waals surface area contributed by atoms with Crippen LogP contribution in [-0.2, 0) is 0 Å². The molecule has 94 valence electrons. The largest absolute Gasteiger partial charge is 0.497 e. The highest BCUT2D eigenvalue weighted by atomic mass is 79.9. The van der Waals surface area contributed by atoms with E-state index in [9.17, 15) is 13.6 Å². The van der Waals surface area contributed by atoms with Crippen molar-refractivity contribution in [3.8, 4) is 5.75 Å². The summed E-state index contributed by atoms with van der Waals surface area (Å²) in [6.07, 6.45) is 0. The van der Waals surface area contributed by atoms with Gasteiger partial charge in [0.25, 0.3) is 0 Å². The number of halogens is 3. The Kier molecular flexibility index (Phi) is 3.47. The van der Waals surface area contributed by atoms with E-state index in [1.165, 1.54) is 19.2 Å². The molecule has 0 amide bonds. The summed E-state index contributed by atoms with van der Waals surface area (Å²) < 4.78 is 37.3. The molecule has 0 aliphatic rings. The Bertz CT molecular complexity index is 584. The number of rotatable bonds is 3. The lowest BCUT2D eigenvalue weighted by Crippen LogP contribution is -2.07. The van der Waals surface area contributed by atoms with E-state index in [-0.39, 0.29) is 11.5 Å². The fraction of sp³-hybridized carbons (Fsp3) is 0.0833. The molecule has 2 aromatic rings. The van der Waals surface area contributed by atoms with Gasteiger partial charge < -0.3 is 9.15 Å². The van der Waals surface area contributed by atoms with Crippen molar-refractivity contribution in [1.29, 1.82) is 0 Å². The van der Waals surface area contributed by atoms with Crippen LogP contribution in [0.3, 0.4) is 0 Å². The van der Waals surface area contributed by atoms with E-state index < -0.39 is 23.0 Å². The zero-order chi connectivity index (χ0) is 13.3. The van der Waals surface area contributed by atoms with Gasteiger partial charge in [0.05, 0.1) is 12.7 Å². The molecule has 0 bridgehead atoms.